The molecule has 0 saturated carbocycles. The molecule has 4 rings (SSSR count). The van der Waals surface area contributed by atoms with Crippen LogP contribution in [0.2, 0.25) is 0 Å². The highest BCUT2D eigenvalue weighted by molar-refractivity contribution is 6.07. The molecule has 144 valence electrons. The van der Waals surface area contributed by atoms with Crippen molar-refractivity contribution in [1.82, 2.24) is 25.0 Å². The van der Waals surface area contributed by atoms with Crippen molar-refractivity contribution < 1.29 is 9.59 Å². The normalized spacial score (nSPS) is 17.0. The number of hydrogen-bond acceptors (Lipinski definition) is 4. The summed E-state index contributed by atoms with van der Waals surface area (Å²) in [5, 5.41) is 7.97. The summed E-state index contributed by atoms with van der Waals surface area (Å²) in [4.78, 5) is 32.1. The molecule has 28 heavy (non-hydrogen) atoms. The summed E-state index contributed by atoms with van der Waals surface area (Å²) in [5.41, 5.74) is 3.14. The van der Waals surface area contributed by atoms with Crippen LogP contribution in [0.3, 0.4) is 0 Å². The maximum Gasteiger partial charge on any atom is 0.255 e. The molecule has 1 aliphatic rings. The molecule has 3 heterocycles. The second kappa shape index (κ2) is 7.42. The lowest BCUT2D eigenvalue weighted by Gasteiger charge is -2.34. The Balaban J connectivity index is 1.77. The number of nitrogens with zero attached hydrogens (tertiary/aromatic N) is 4. The van der Waals surface area contributed by atoms with E-state index in [1.165, 1.54) is 0 Å². The molecule has 0 bridgehead atoms. The zero-order valence-electron chi connectivity index (χ0n) is 16.1. The van der Waals surface area contributed by atoms with Gasteiger partial charge in [-0.05, 0) is 31.5 Å². The summed E-state index contributed by atoms with van der Waals surface area (Å²) in [7, 11) is 0. The highest BCUT2D eigenvalue weighted by Crippen LogP contribution is 2.23. The van der Waals surface area contributed by atoms with Crippen LogP contribution in [0.4, 0.5) is 0 Å². The average molecular weight is 377 g/mol. The molecular weight excluding hydrogens is 354 g/mol. The zero-order valence-corrected chi connectivity index (χ0v) is 16.1. The molecule has 1 saturated heterocycles. The predicted molar refractivity (Wildman–Crippen MR) is 106 cm³/mol. The number of amides is 2. The zero-order chi connectivity index (χ0) is 19.7. The van der Waals surface area contributed by atoms with Gasteiger partial charge in [-0.2, -0.15) is 5.10 Å². The quantitative estimate of drug-likeness (QED) is 0.755. The first-order valence-electron chi connectivity index (χ1n) is 9.54. The van der Waals surface area contributed by atoms with Gasteiger partial charge in [0.05, 0.1) is 23.3 Å². The van der Waals surface area contributed by atoms with Crippen LogP contribution in [0.5, 0.6) is 0 Å². The van der Waals surface area contributed by atoms with E-state index in [4.69, 9.17) is 4.98 Å². The number of carbonyl (C=O) groups is 2. The lowest BCUT2D eigenvalue weighted by Crippen LogP contribution is -2.56. The Bertz CT molecular complexity index is 1040. The number of fused-ring (bicyclic) bond motifs is 1. The van der Waals surface area contributed by atoms with E-state index in [-0.39, 0.29) is 11.8 Å². The lowest BCUT2D eigenvalue weighted by molar-refractivity contribution is -0.127. The SMILES string of the molecule is CCC1C(=O)NCCN1C(=O)c1cc(Cn2nccc2C)nc2ccccc12. The number of benzene rings is 1. The largest absolute Gasteiger partial charge is 0.353 e. The first kappa shape index (κ1) is 18.2. The smallest absolute Gasteiger partial charge is 0.255 e. The first-order chi connectivity index (χ1) is 13.6. The Labute approximate surface area is 163 Å². The fourth-order valence-electron chi connectivity index (χ4n) is 3.72. The number of nitrogens with one attached hydrogen (secondary N) is 1. The van der Waals surface area contributed by atoms with Crippen molar-refractivity contribution in [3.63, 3.8) is 0 Å². The molecule has 1 aliphatic heterocycles. The fourth-order valence-corrected chi connectivity index (χ4v) is 3.72. The molecule has 0 radical (unpaired) electrons. The molecule has 0 spiro atoms. The Morgan fingerprint density at radius 2 is 2.11 bits per heavy atom. The molecule has 2 amide bonds. The Kier molecular flexibility index (Phi) is 4.81. The molecule has 1 aromatic carbocycles. The van der Waals surface area contributed by atoms with Crippen molar-refractivity contribution in [2.45, 2.75) is 32.9 Å². The molecule has 3 aromatic rings. The van der Waals surface area contributed by atoms with Gasteiger partial charge in [0.2, 0.25) is 5.91 Å². The topological polar surface area (TPSA) is 80.1 Å². The van der Waals surface area contributed by atoms with Crippen molar-refractivity contribution in [2.75, 3.05) is 13.1 Å². The molecule has 7 heteroatoms. The van der Waals surface area contributed by atoms with E-state index in [2.05, 4.69) is 10.4 Å². The van der Waals surface area contributed by atoms with Gasteiger partial charge in [-0.15, -0.1) is 0 Å². The third kappa shape index (κ3) is 3.24. The van der Waals surface area contributed by atoms with Crippen LogP contribution < -0.4 is 5.32 Å². The second-order valence-electron chi connectivity index (χ2n) is 7.02. The van der Waals surface area contributed by atoms with Gasteiger partial charge >= 0.3 is 0 Å². The van der Waals surface area contributed by atoms with E-state index in [1.54, 1.807) is 11.1 Å². The third-order valence-corrected chi connectivity index (χ3v) is 5.22. The fraction of sp³-hybridized carbons (Fsp3) is 0.333. The Morgan fingerprint density at radius 1 is 1.29 bits per heavy atom. The minimum atomic E-state index is -0.440. The number of hydrogen-bond donors (Lipinski definition) is 1. The molecule has 0 aliphatic carbocycles. The van der Waals surface area contributed by atoms with E-state index in [0.717, 1.165) is 22.3 Å². The second-order valence-corrected chi connectivity index (χ2v) is 7.02. The summed E-state index contributed by atoms with van der Waals surface area (Å²) in [6.45, 7) is 5.38. The number of para-hydroxylation sites is 1. The minimum Gasteiger partial charge on any atom is -0.353 e. The maximum atomic E-state index is 13.4. The third-order valence-electron chi connectivity index (χ3n) is 5.22. The number of aryl methyl sites for hydroxylation is 1. The molecule has 1 fully saturated rings. The van der Waals surface area contributed by atoms with E-state index < -0.39 is 6.04 Å². The van der Waals surface area contributed by atoms with Gasteiger partial charge in [-0.1, -0.05) is 25.1 Å². The van der Waals surface area contributed by atoms with Crippen LogP contribution in [-0.4, -0.2) is 50.6 Å². The van der Waals surface area contributed by atoms with Gasteiger partial charge in [-0.25, -0.2) is 0 Å². The van der Waals surface area contributed by atoms with Crippen molar-refractivity contribution in [3.05, 3.63) is 59.5 Å². The van der Waals surface area contributed by atoms with Gasteiger partial charge in [0.15, 0.2) is 0 Å². The van der Waals surface area contributed by atoms with E-state index in [9.17, 15) is 9.59 Å². The highest BCUT2D eigenvalue weighted by atomic mass is 16.2. The van der Waals surface area contributed by atoms with Crippen LogP contribution in [0.25, 0.3) is 10.9 Å². The summed E-state index contributed by atoms with van der Waals surface area (Å²) >= 11 is 0. The van der Waals surface area contributed by atoms with E-state index in [1.807, 2.05) is 54.9 Å². The molecule has 1 unspecified atom stereocenters. The number of pyridine rings is 1. The summed E-state index contributed by atoms with van der Waals surface area (Å²) in [5.74, 6) is -0.216. The summed E-state index contributed by atoms with van der Waals surface area (Å²) in [6, 6.07) is 11.0. The van der Waals surface area contributed by atoms with Crippen LogP contribution in [0, 0.1) is 6.92 Å². The maximum absolute atomic E-state index is 13.4. The number of carbonyl (C=O) groups excluding carboxylic acids is 2. The molecule has 7 nitrogen and oxygen atoms in total. The Hall–Kier alpha value is -3.22. The minimum absolute atomic E-state index is 0.0900. The van der Waals surface area contributed by atoms with Crippen LogP contribution in [0.1, 0.15) is 35.1 Å². The summed E-state index contributed by atoms with van der Waals surface area (Å²) < 4.78 is 1.86. The van der Waals surface area contributed by atoms with Crippen LogP contribution >= 0.6 is 0 Å². The van der Waals surface area contributed by atoms with Crippen LogP contribution in [0.15, 0.2) is 42.6 Å². The molecule has 2 aromatic heterocycles. The van der Waals surface area contributed by atoms with Gasteiger partial charge < -0.3 is 10.2 Å². The van der Waals surface area contributed by atoms with Crippen molar-refractivity contribution in [2.24, 2.45) is 0 Å². The monoisotopic (exact) mass is 377 g/mol. The van der Waals surface area contributed by atoms with Crippen molar-refractivity contribution in [1.29, 1.82) is 0 Å². The number of aromatic nitrogens is 3. The highest BCUT2D eigenvalue weighted by Gasteiger charge is 2.33. The summed E-state index contributed by atoms with van der Waals surface area (Å²) in [6.07, 6.45) is 2.33. The standard InChI is InChI=1S/C21H23N5O2/c1-3-19-20(27)22-10-11-25(19)21(28)17-12-15(13-26-14(2)8-9-23-26)24-18-7-5-4-6-16(17)18/h4-9,12,19H,3,10-11,13H2,1-2H3,(H,22,27). The van der Waals surface area contributed by atoms with E-state index in [0.29, 0.717) is 31.6 Å². The van der Waals surface area contributed by atoms with Gasteiger partial charge in [0.25, 0.3) is 5.91 Å². The molecule has 1 atom stereocenters. The van der Waals surface area contributed by atoms with Crippen molar-refractivity contribution >= 4 is 22.7 Å². The molecule has 1 N–H and O–H groups in total. The van der Waals surface area contributed by atoms with Crippen LogP contribution in [-0.2, 0) is 11.3 Å². The van der Waals surface area contributed by atoms with Crippen molar-refractivity contribution in [3.8, 4) is 0 Å². The average Bonchev–Trinajstić information content (AvgIpc) is 3.11. The van der Waals surface area contributed by atoms with Gasteiger partial charge in [-0.3, -0.25) is 19.3 Å². The lowest BCUT2D eigenvalue weighted by atomic mass is 10.0. The molecular formula is C21H23N5O2. The van der Waals surface area contributed by atoms with Gasteiger partial charge in [0.1, 0.15) is 6.04 Å². The Morgan fingerprint density at radius 3 is 2.86 bits per heavy atom. The number of piperazine rings is 1. The first-order valence-corrected chi connectivity index (χ1v) is 9.54. The predicted octanol–water partition coefficient (Wildman–Crippen LogP) is 2.14. The number of rotatable bonds is 4. The van der Waals surface area contributed by atoms with E-state index >= 15 is 0 Å². The van der Waals surface area contributed by atoms with Gasteiger partial charge in [0, 0.05) is 30.4 Å².